The number of ether oxygens (including phenoxy) is 1. The maximum absolute atomic E-state index is 12.0. The predicted octanol–water partition coefficient (Wildman–Crippen LogP) is 4.14. The molecule has 1 amide bonds. The molecular formula is C16H21N3O2S. The van der Waals surface area contributed by atoms with Crippen molar-refractivity contribution in [2.24, 2.45) is 0 Å². The quantitative estimate of drug-likeness (QED) is 0.706. The molecule has 2 rings (SSSR count). The molecule has 5 nitrogen and oxygen atoms in total. The second kappa shape index (κ2) is 9.15. The molecule has 0 saturated carbocycles. The number of anilines is 1. The minimum Gasteiger partial charge on any atom is -0.494 e. The van der Waals surface area contributed by atoms with Crippen LogP contribution in [0.5, 0.6) is 5.75 Å². The van der Waals surface area contributed by atoms with Crippen molar-refractivity contribution in [1.29, 1.82) is 0 Å². The zero-order chi connectivity index (χ0) is 15.6. The summed E-state index contributed by atoms with van der Waals surface area (Å²) in [5, 5.41) is 10.7. The van der Waals surface area contributed by atoms with E-state index in [1.54, 1.807) is 17.6 Å². The summed E-state index contributed by atoms with van der Waals surface area (Å²) in [5.41, 5.74) is 2.15. The van der Waals surface area contributed by atoms with Gasteiger partial charge in [0.1, 0.15) is 11.3 Å². The maximum atomic E-state index is 12.0. The number of unbranched alkanes of at least 4 members (excludes halogenated alkanes) is 4. The standard InChI is InChI=1S/C16H21N3O2S/c1-2-3-4-5-6-11-21-14-9-7-13(8-10-14)15(20)18-16-19-17-12-22-16/h7-10,12H,2-6,11H2,1H3,(H,18,19,20). The monoisotopic (exact) mass is 319 g/mol. The number of hydrogen-bond donors (Lipinski definition) is 1. The van der Waals surface area contributed by atoms with Crippen LogP contribution in [-0.2, 0) is 0 Å². The number of nitrogens with one attached hydrogen (secondary N) is 1. The molecule has 0 atom stereocenters. The van der Waals surface area contributed by atoms with E-state index in [-0.39, 0.29) is 5.91 Å². The zero-order valence-corrected chi connectivity index (χ0v) is 13.6. The molecule has 22 heavy (non-hydrogen) atoms. The molecule has 118 valence electrons. The molecule has 0 unspecified atom stereocenters. The van der Waals surface area contributed by atoms with Gasteiger partial charge in [0, 0.05) is 5.56 Å². The number of carbonyl (C=O) groups excluding carboxylic acids is 1. The SMILES string of the molecule is CCCCCCCOc1ccc(C(=O)Nc2nncs2)cc1. The van der Waals surface area contributed by atoms with Gasteiger partial charge in [0.15, 0.2) is 0 Å². The summed E-state index contributed by atoms with van der Waals surface area (Å²) in [6, 6.07) is 7.15. The van der Waals surface area contributed by atoms with Gasteiger partial charge in [0.05, 0.1) is 6.61 Å². The Morgan fingerprint density at radius 3 is 2.64 bits per heavy atom. The van der Waals surface area contributed by atoms with Crippen molar-refractivity contribution in [2.45, 2.75) is 39.0 Å². The highest BCUT2D eigenvalue weighted by Gasteiger charge is 2.07. The van der Waals surface area contributed by atoms with Crippen molar-refractivity contribution in [2.75, 3.05) is 11.9 Å². The Bertz CT molecular complexity index is 555. The van der Waals surface area contributed by atoms with Crippen molar-refractivity contribution >= 4 is 22.4 Å². The zero-order valence-electron chi connectivity index (χ0n) is 12.7. The predicted molar refractivity (Wildman–Crippen MR) is 88.6 cm³/mol. The van der Waals surface area contributed by atoms with Gasteiger partial charge in [-0.3, -0.25) is 10.1 Å². The minimum atomic E-state index is -0.192. The Hall–Kier alpha value is -1.95. The van der Waals surface area contributed by atoms with Gasteiger partial charge < -0.3 is 4.74 Å². The number of aromatic nitrogens is 2. The summed E-state index contributed by atoms with van der Waals surface area (Å²) >= 11 is 1.29. The van der Waals surface area contributed by atoms with Crippen molar-refractivity contribution < 1.29 is 9.53 Å². The Balaban J connectivity index is 1.74. The van der Waals surface area contributed by atoms with E-state index in [1.165, 1.54) is 37.0 Å². The summed E-state index contributed by atoms with van der Waals surface area (Å²) in [5.74, 6) is 0.603. The lowest BCUT2D eigenvalue weighted by Gasteiger charge is -2.07. The van der Waals surface area contributed by atoms with Crippen LogP contribution in [0.2, 0.25) is 0 Å². The fraction of sp³-hybridized carbons (Fsp3) is 0.438. The van der Waals surface area contributed by atoms with Crippen molar-refractivity contribution in [1.82, 2.24) is 10.2 Å². The third-order valence-corrected chi connectivity index (χ3v) is 3.82. The van der Waals surface area contributed by atoms with E-state index in [4.69, 9.17) is 4.74 Å². The van der Waals surface area contributed by atoms with Crippen molar-refractivity contribution in [3.05, 3.63) is 35.3 Å². The third-order valence-electron chi connectivity index (χ3n) is 3.21. The highest BCUT2D eigenvalue weighted by Crippen LogP contribution is 2.15. The average Bonchev–Trinajstić information content (AvgIpc) is 3.04. The van der Waals surface area contributed by atoms with Gasteiger partial charge in [-0.05, 0) is 30.7 Å². The van der Waals surface area contributed by atoms with Crippen LogP contribution in [0.3, 0.4) is 0 Å². The Kier molecular flexibility index (Phi) is 6.83. The molecule has 2 aromatic rings. The average molecular weight is 319 g/mol. The van der Waals surface area contributed by atoms with E-state index >= 15 is 0 Å². The summed E-state index contributed by atoms with van der Waals surface area (Å²) in [4.78, 5) is 12.0. The maximum Gasteiger partial charge on any atom is 0.257 e. The summed E-state index contributed by atoms with van der Waals surface area (Å²) in [6.07, 6.45) is 6.08. The smallest absolute Gasteiger partial charge is 0.257 e. The van der Waals surface area contributed by atoms with Crippen molar-refractivity contribution in [3.63, 3.8) is 0 Å². The lowest BCUT2D eigenvalue weighted by Crippen LogP contribution is -2.11. The van der Waals surface area contributed by atoms with Crippen LogP contribution in [0, 0.1) is 0 Å². The molecule has 0 saturated heterocycles. The number of benzene rings is 1. The first kappa shape index (κ1) is 16.4. The number of amides is 1. The second-order valence-corrected chi connectivity index (χ2v) is 5.82. The highest BCUT2D eigenvalue weighted by atomic mass is 32.1. The molecule has 1 aromatic heterocycles. The number of hydrogen-bond acceptors (Lipinski definition) is 5. The van der Waals surface area contributed by atoms with Crippen LogP contribution in [0.4, 0.5) is 5.13 Å². The van der Waals surface area contributed by atoms with Crippen molar-refractivity contribution in [3.8, 4) is 5.75 Å². The second-order valence-electron chi connectivity index (χ2n) is 4.99. The molecule has 0 aliphatic carbocycles. The minimum absolute atomic E-state index is 0.192. The highest BCUT2D eigenvalue weighted by molar-refractivity contribution is 7.13. The third kappa shape index (κ3) is 5.44. The molecule has 0 aliphatic heterocycles. The van der Waals surface area contributed by atoms with Gasteiger partial charge in [-0.2, -0.15) is 0 Å². The topological polar surface area (TPSA) is 64.1 Å². The summed E-state index contributed by atoms with van der Waals surface area (Å²) in [7, 11) is 0. The summed E-state index contributed by atoms with van der Waals surface area (Å²) < 4.78 is 5.67. The van der Waals surface area contributed by atoms with Gasteiger partial charge in [-0.25, -0.2) is 0 Å². The van der Waals surface area contributed by atoms with E-state index < -0.39 is 0 Å². The van der Waals surface area contributed by atoms with E-state index in [1.807, 2.05) is 12.1 Å². The lowest BCUT2D eigenvalue weighted by molar-refractivity contribution is 0.102. The van der Waals surface area contributed by atoms with Gasteiger partial charge >= 0.3 is 0 Å². The molecule has 1 aromatic carbocycles. The molecule has 0 spiro atoms. The fourth-order valence-electron chi connectivity index (χ4n) is 1.99. The molecule has 6 heteroatoms. The van der Waals surface area contributed by atoms with Crippen LogP contribution < -0.4 is 10.1 Å². The van der Waals surface area contributed by atoms with Gasteiger partial charge in [-0.15, -0.1) is 10.2 Å². The summed E-state index contributed by atoms with van der Waals surface area (Å²) in [6.45, 7) is 2.93. The first-order chi connectivity index (χ1) is 10.8. The molecular weight excluding hydrogens is 298 g/mol. The van der Waals surface area contributed by atoms with E-state index in [9.17, 15) is 4.79 Å². The Morgan fingerprint density at radius 2 is 1.95 bits per heavy atom. The van der Waals surface area contributed by atoms with Crippen LogP contribution in [0.25, 0.3) is 0 Å². The fourth-order valence-corrected chi connectivity index (χ4v) is 2.44. The largest absolute Gasteiger partial charge is 0.494 e. The number of rotatable bonds is 9. The molecule has 1 N–H and O–H groups in total. The van der Waals surface area contributed by atoms with Crippen LogP contribution in [0.1, 0.15) is 49.4 Å². The Morgan fingerprint density at radius 1 is 1.18 bits per heavy atom. The van der Waals surface area contributed by atoms with Gasteiger partial charge in [0.2, 0.25) is 5.13 Å². The molecule has 1 heterocycles. The molecule has 0 bridgehead atoms. The van der Waals surface area contributed by atoms with Gasteiger partial charge in [0.25, 0.3) is 5.91 Å². The van der Waals surface area contributed by atoms with E-state index in [2.05, 4.69) is 22.4 Å². The normalized spacial score (nSPS) is 10.4. The Labute approximate surface area is 134 Å². The van der Waals surface area contributed by atoms with Crippen LogP contribution in [0.15, 0.2) is 29.8 Å². The number of carbonyl (C=O) groups is 1. The van der Waals surface area contributed by atoms with Gasteiger partial charge in [-0.1, -0.05) is 43.9 Å². The molecule has 0 aliphatic rings. The molecule has 0 radical (unpaired) electrons. The van der Waals surface area contributed by atoms with E-state index in [0.29, 0.717) is 10.7 Å². The van der Waals surface area contributed by atoms with Crippen LogP contribution >= 0.6 is 11.3 Å². The molecule has 0 fully saturated rings. The van der Waals surface area contributed by atoms with Crippen LogP contribution in [-0.4, -0.2) is 22.7 Å². The first-order valence-electron chi connectivity index (χ1n) is 7.60. The lowest BCUT2D eigenvalue weighted by atomic mass is 10.2. The first-order valence-corrected chi connectivity index (χ1v) is 8.48. The van der Waals surface area contributed by atoms with E-state index in [0.717, 1.165) is 18.8 Å². The number of nitrogens with zero attached hydrogens (tertiary/aromatic N) is 2.